The van der Waals surface area contributed by atoms with Crippen molar-refractivity contribution in [1.82, 2.24) is 9.97 Å². The summed E-state index contributed by atoms with van der Waals surface area (Å²) >= 11 is 0. The molecule has 0 bridgehead atoms. The molecule has 0 fully saturated rings. The van der Waals surface area contributed by atoms with Gasteiger partial charge < -0.3 is 10.7 Å². The molecule has 0 aliphatic heterocycles. The number of fused-ring (bicyclic) bond motifs is 1. The minimum Gasteiger partial charge on any atom is -0.340 e. The molecule has 1 aromatic heterocycles. The topological polar surface area (TPSA) is 54.7 Å². The molecule has 1 heterocycles. The molecule has 2 aromatic rings. The second kappa shape index (κ2) is 3.07. The molecule has 0 unspecified atom stereocenters. The van der Waals surface area contributed by atoms with E-state index in [9.17, 15) is 0 Å². The van der Waals surface area contributed by atoms with Crippen LogP contribution in [0.1, 0.15) is 30.8 Å². The lowest BCUT2D eigenvalue weighted by molar-refractivity contribution is 0.522. The third-order valence-corrected chi connectivity index (χ3v) is 2.53. The summed E-state index contributed by atoms with van der Waals surface area (Å²) < 4.78 is 0. The van der Waals surface area contributed by atoms with Crippen LogP contribution in [0.4, 0.5) is 0 Å². The number of nitrogens with zero attached hydrogens (tertiary/aromatic N) is 1. The van der Waals surface area contributed by atoms with Crippen molar-refractivity contribution in [3.63, 3.8) is 0 Å². The summed E-state index contributed by atoms with van der Waals surface area (Å²) in [4.78, 5) is 7.83. The van der Waals surface area contributed by atoms with E-state index in [4.69, 9.17) is 5.73 Å². The Morgan fingerprint density at radius 1 is 1.27 bits per heavy atom. The summed E-state index contributed by atoms with van der Waals surface area (Å²) in [7, 11) is 0. The fourth-order valence-corrected chi connectivity index (χ4v) is 1.78. The third-order valence-electron chi connectivity index (χ3n) is 2.53. The summed E-state index contributed by atoms with van der Waals surface area (Å²) in [5, 5.41) is 0. The number of nitrogens with one attached hydrogen (secondary N) is 1. The second-order valence-corrected chi connectivity index (χ2v) is 4.79. The Labute approximate surface area is 89.7 Å². The number of hydrogen-bond acceptors (Lipinski definition) is 2. The van der Waals surface area contributed by atoms with Crippen LogP contribution in [-0.2, 0) is 5.54 Å². The van der Waals surface area contributed by atoms with E-state index in [1.165, 1.54) is 11.1 Å². The summed E-state index contributed by atoms with van der Waals surface area (Å²) in [6, 6.07) is 4.24. The SMILES string of the molecule is Cc1cc(C)c2nc(C(C)(C)N)[nH]c2c1. The van der Waals surface area contributed by atoms with Gasteiger partial charge in [0.1, 0.15) is 5.82 Å². The van der Waals surface area contributed by atoms with Crippen LogP contribution in [-0.4, -0.2) is 9.97 Å². The molecule has 3 heteroatoms. The standard InChI is InChI=1S/C12H17N3/c1-7-5-8(2)10-9(6-7)14-11(15-10)12(3,4)13/h5-6H,13H2,1-4H3,(H,14,15). The number of hydrogen-bond donors (Lipinski definition) is 2. The van der Waals surface area contributed by atoms with E-state index < -0.39 is 5.54 Å². The molecule has 0 amide bonds. The molecule has 0 spiro atoms. The van der Waals surface area contributed by atoms with Crippen LogP contribution in [0.2, 0.25) is 0 Å². The van der Waals surface area contributed by atoms with Crippen LogP contribution in [0, 0.1) is 13.8 Å². The Bertz CT molecular complexity index is 503. The van der Waals surface area contributed by atoms with E-state index in [1.54, 1.807) is 0 Å². The van der Waals surface area contributed by atoms with Crippen LogP contribution in [0.3, 0.4) is 0 Å². The van der Waals surface area contributed by atoms with Crippen LogP contribution >= 0.6 is 0 Å². The minimum absolute atomic E-state index is 0.417. The highest BCUT2D eigenvalue weighted by Gasteiger charge is 2.19. The summed E-state index contributed by atoms with van der Waals surface area (Å²) in [6.45, 7) is 8.06. The van der Waals surface area contributed by atoms with Gasteiger partial charge in [0.05, 0.1) is 16.6 Å². The van der Waals surface area contributed by atoms with E-state index >= 15 is 0 Å². The van der Waals surface area contributed by atoms with Gasteiger partial charge in [-0.3, -0.25) is 0 Å². The zero-order valence-corrected chi connectivity index (χ0v) is 9.68. The molecule has 0 atom stereocenters. The van der Waals surface area contributed by atoms with Crippen molar-refractivity contribution in [3.8, 4) is 0 Å². The summed E-state index contributed by atoms with van der Waals surface area (Å²) in [5.41, 5.74) is 10.1. The number of H-pyrrole nitrogens is 1. The first-order chi connectivity index (χ1) is 6.88. The maximum absolute atomic E-state index is 6.01. The molecule has 3 N–H and O–H groups in total. The van der Waals surface area contributed by atoms with Crippen molar-refractivity contribution in [2.75, 3.05) is 0 Å². The van der Waals surface area contributed by atoms with Gasteiger partial charge in [-0.2, -0.15) is 0 Å². The van der Waals surface area contributed by atoms with Gasteiger partial charge in [-0.25, -0.2) is 4.98 Å². The summed E-state index contributed by atoms with van der Waals surface area (Å²) in [5.74, 6) is 0.839. The average molecular weight is 203 g/mol. The van der Waals surface area contributed by atoms with Gasteiger partial charge in [-0.15, -0.1) is 0 Å². The largest absolute Gasteiger partial charge is 0.340 e. The average Bonchev–Trinajstić information content (AvgIpc) is 2.46. The van der Waals surface area contributed by atoms with Crippen molar-refractivity contribution in [2.24, 2.45) is 5.73 Å². The van der Waals surface area contributed by atoms with Crippen molar-refractivity contribution in [2.45, 2.75) is 33.2 Å². The number of imidazole rings is 1. The van der Waals surface area contributed by atoms with E-state index in [2.05, 4.69) is 35.9 Å². The highest BCUT2D eigenvalue weighted by atomic mass is 15.0. The zero-order valence-electron chi connectivity index (χ0n) is 9.68. The number of rotatable bonds is 1. The Hall–Kier alpha value is -1.35. The first-order valence-corrected chi connectivity index (χ1v) is 5.14. The number of aromatic nitrogens is 2. The molecule has 0 radical (unpaired) electrons. The van der Waals surface area contributed by atoms with Crippen molar-refractivity contribution in [1.29, 1.82) is 0 Å². The fraction of sp³-hybridized carbons (Fsp3) is 0.417. The van der Waals surface area contributed by atoms with Gasteiger partial charge in [0.2, 0.25) is 0 Å². The van der Waals surface area contributed by atoms with Crippen LogP contribution in [0.25, 0.3) is 11.0 Å². The Kier molecular flexibility index (Phi) is 2.08. The maximum atomic E-state index is 6.01. The summed E-state index contributed by atoms with van der Waals surface area (Å²) in [6.07, 6.45) is 0. The predicted octanol–water partition coefficient (Wildman–Crippen LogP) is 2.37. The third kappa shape index (κ3) is 1.75. The molecule has 1 aromatic carbocycles. The smallest absolute Gasteiger partial charge is 0.126 e. The minimum atomic E-state index is -0.417. The van der Waals surface area contributed by atoms with Gasteiger partial charge in [0, 0.05) is 0 Å². The van der Waals surface area contributed by atoms with E-state index in [1.807, 2.05) is 13.8 Å². The van der Waals surface area contributed by atoms with Crippen LogP contribution < -0.4 is 5.73 Å². The molecular weight excluding hydrogens is 186 g/mol. The van der Waals surface area contributed by atoms with Gasteiger partial charge >= 0.3 is 0 Å². The van der Waals surface area contributed by atoms with Gasteiger partial charge in [-0.1, -0.05) is 6.07 Å². The lowest BCUT2D eigenvalue weighted by Gasteiger charge is -2.14. The highest BCUT2D eigenvalue weighted by Crippen LogP contribution is 2.22. The van der Waals surface area contributed by atoms with Crippen molar-refractivity contribution in [3.05, 3.63) is 29.1 Å². The first-order valence-electron chi connectivity index (χ1n) is 5.14. The molecule has 0 saturated carbocycles. The lowest BCUT2D eigenvalue weighted by Crippen LogP contribution is -2.30. The van der Waals surface area contributed by atoms with Gasteiger partial charge in [0.15, 0.2) is 0 Å². The fourth-order valence-electron chi connectivity index (χ4n) is 1.78. The molecule has 15 heavy (non-hydrogen) atoms. The molecule has 0 aliphatic carbocycles. The second-order valence-electron chi connectivity index (χ2n) is 4.79. The number of aryl methyl sites for hydroxylation is 2. The Morgan fingerprint density at radius 3 is 2.53 bits per heavy atom. The molecule has 80 valence electrons. The normalized spacial score (nSPS) is 12.3. The number of nitrogens with two attached hydrogens (primary N) is 1. The van der Waals surface area contributed by atoms with Crippen molar-refractivity contribution >= 4 is 11.0 Å². The zero-order chi connectivity index (χ0) is 11.2. The number of aromatic amines is 1. The molecule has 0 aliphatic rings. The Balaban J connectivity index is 2.71. The van der Waals surface area contributed by atoms with Crippen LogP contribution in [0.15, 0.2) is 12.1 Å². The highest BCUT2D eigenvalue weighted by molar-refractivity contribution is 5.79. The predicted molar refractivity (Wildman–Crippen MR) is 62.8 cm³/mol. The quantitative estimate of drug-likeness (QED) is 0.747. The molecule has 2 rings (SSSR count). The van der Waals surface area contributed by atoms with E-state index in [-0.39, 0.29) is 0 Å². The monoisotopic (exact) mass is 203 g/mol. The van der Waals surface area contributed by atoms with Crippen molar-refractivity contribution < 1.29 is 0 Å². The molecule has 3 nitrogen and oxygen atoms in total. The number of benzene rings is 1. The Morgan fingerprint density at radius 2 is 1.93 bits per heavy atom. The van der Waals surface area contributed by atoms with Crippen LogP contribution in [0.5, 0.6) is 0 Å². The van der Waals surface area contributed by atoms with E-state index in [0.717, 1.165) is 16.9 Å². The van der Waals surface area contributed by atoms with Gasteiger partial charge in [-0.05, 0) is 44.9 Å². The molecule has 0 saturated heterocycles. The lowest BCUT2D eigenvalue weighted by atomic mass is 10.1. The first kappa shape index (κ1) is 10.2. The maximum Gasteiger partial charge on any atom is 0.126 e. The van der Waals surface area contributed by atoms with Gasteiger partial charge in [0.25, 0.3) is 0 Å². The molecular formula is C12H17N3. The van der Waals surface area contributed by atoms with E-state index in [0.29, 0.717) is 0 Å².